The first kappa shape index (κ1) is 13.5. The van der Waals surface area contributed by atoms with Crippen LogP contribution in [0.5, 0.6) is 0 Å². The molecule has 0 aliphatic rings. The molecule has 0 fully saturated rings. The summed E-state index contributed by atoms with van der Waals surface area (Å²) in [6, 6.07) is 0.515. The molecule has 1 N–H and O–H groups in total. The summed E-state index contributed by atoms with van der Waals surface area (Å²) >= 11 is 0. The minimum atomic E-state index is 0. The van der Waals surface area contributed by atoms with E-state index in [0.29, 0.717) is 6.04 Å². The number of halogens is 1. The fourth-order valence-corrected chi connectivity index (χ4v) is 0.923. The molecule has 1 aromatic rings. The highest BCUT2D eigenvalue weighted by Gasteiger charge is 1.92. The first-order valence-electron chi connectivity index (χ1n) is 4.41. The van der Waals surface area contributed by atoms with E-state index >= 15 is 0 Å². The standard InChI is InChI=1S/C10H15N3.HI/c1-9(11-2)4-3-5-10-6-12-8-13-7-10;/h3,5-9,11H,4H2,1-2H3;1H/b5-3+;/t9-;/m1./s1. The zero-order valence-electron chi connectivity index (χ0n) is 8.47. The zero-order chi connectivity index (χ0) is 9.52. The Morgan fingerprint density at radius 2 is 2.07 bits per heavy atom. The molecule has 0 spiro atoms. The van der Waals surface area contributed by atoms with Crippen molar-refractivity contribution in [2.24, 2.45) is 0 Å². The van der Waals surface area contributed by atoms with E-state index in [2.05, 4.69) is 28.3 Å². The Morgan fingerprint density at radius 3 is 2.64 bits per heavy atom. The van der Waals surface area contributed by atoms with Crippen LogP contribution in [0.2, 0.25) is 0 Å². The molecule has 1 heterocycles. The molecule has 3 nitrogen and oxygen atoms in total. The van der Waals surface area contributed by atoms with Crippen molar-refractivity contribution in [3.05, 3.63) is 30.4 Å². The Balaban J connectivity index is 0.00000169. The molecule has 0 radical (unpaired) electrons. The van der Waals surface area contributed by atoms with Gasteiger partial charge in [0.2, 0.25) is 0 Å². The van der Waals surface area contributed by atoms with Crippen LogP contribution in [0.3, 0.4) is 0 Å². The van der Waals surface area contributed by atoms with E-state index in [1.807, 2.05) is 13.1 Å². The first-order valence-corrected chi connectivity index (χ1v) is 4.41. The number of nitrogens with one attached hydrogen (secondary N) is 1. The monoisotopic (exact) mass is 305 g/mol. The minimum absolute atomic E-state index is 0. The third-order valence-electron chi connectivity index (χ3n) is 1.87. The number of aromatic nitrogens is 2. The van der Waals surface area contributed by atoms with E-state index in [4.69, 9.17) is 0 Å². The third kappa shape index (κ3) is 5.29. The molecule has 0 aliphatic heterocycles. The molecule has 4 heteroatoms. The van der Waals surface area contributed by atoms with Crippen LogP contribution in [0, 0.1) is 0 Å². The lowest BCUT2D eigenvalue weighted by molar-refractivity contribution is 0.621. The average molecular weight is 305 g/mol. The van der Waals surface area contributed by atoms with Gasteiger partial charge in [0.25, 0.3) is 0 Å². The van der Waals surface area contributed by atoms with Crippen LogP contribution in [-0.2, 0) is 0 Å². The molecular weight excluding hydrogens is 289 g/mol. The Morgan fingerprint density at radius 1 is 1.43 bits per heavy atom. The van der Waals surface area contributed by atoms with Gasteiger partial charge < -0.3 is 5.32 Å². The summed E-state index contributed by atoms with van der Waals surface area (Å²) in [6.07, 6.45) is 10.3. The second kappa shape index (κ2) is 7.87. The second-order valence-electron chi connectivity index (χ2n) is 3.00. The smallest absolute Gasteiger partial charge is 0.115 e. The van der Waals surface area contributed by atoms with Gasteiger partial charge in [-0.1, -0.05) is 12.2 Å². The van der Waals surface area contributed by atoms with Crippen molar-refractivity contribution in [2.45, 2.75) is 19.4 Å². The highest BCUT2D eigenvalue weighted by Crippen LogP contribution is 1.99. The minimum Gasteiger partial charge on any atom is -0.317 e. The molecule has 0 unspecified atom stereocenters. The predicted octanol–water partition coefficient (Wildman–Crippen LogP) is 2.11. The van der Waals surface area contributed by atoms with Crippen LogP contribution >= 0.6 is 24.0 Å². The molecule has 1 aromatic heterocycles. The molecule has 1 rings (SSSR count). The zero-order valence-corrected chi connectivity index (χ0v) is 10.8. The molecule has 0 saturated heterocycles. The first-order chi connectivity index (χ1) is 6.33. The molecule has 78 valence electrons. The van der Waals surface area contributed by atoms with Crippen LogP contribution < -0.4 is 5.32 Å². The summed E-state index contributed by atoms with van der Waals surface area (Å²) in [5, 5.41) is 3.17. The fourth-order valence-electron chi connectivity index (χ4n) is 0.923. The van der Waals surface area contributed by atoms with E-state index in [1.165, 1.54) is 6.33 Å². The van der Waals surface area contributed by atoms with Crippen LogP contribution in [0.15, 0.2) is 24.8 Å². The highest BCUT2D eigenvalue weighted by molar-refractivity contribution is 14.0. The molecule has 0 saturated carbocycles. The summed E-state index contributed by atoms with van der Waals surface area (Å²) in [5.74, 6) is 0. The largest absolute Gasteiger partial charge is 0.317 e. The Hall–Kier alpha value is -0.490. The number of hydrogen-bond acceptors (Lipinski definition) is 3. The third-order valence-corrected chi connectivity index (χ3v) is 1.87. The lowest BCUT2D eigenvalue weighted by atomic mass is 10.2. The van der Waals surface area contributed by atoms with Gasteiger partial charge >= 0.3 is 0 Å². The van der Waals surface area contributed by atoms with Crippen molar-refractivity contribution in [2.75, 3.05) is 7.05 Å². The van der Waals surface area contributed by atoms with Crippen molar-refractivity contribution in [1.82, 2.24) is 15.3 Å². The second-order valence-corrected chi connectivity index (χ2v) is 3.00. The average Bonchev–Trinajstić information content (AvgIpc) is 2.19. The SMILES string of the molecule is CN[C@H](C)C/C=C/c1cncnc1.I. The quantitative estimate of drug-likeness (QED) is 0.866. The molecule has 0 aliphatic carbocycles. The van der Waals surface area contributed by atoms with Crippen LogP contribution in [0.1, 0.15) is 18.9 Å². The van der Waals surface area contributed by atoms with Crippen LogP contribution in [0.4, 0.5) is 0 Å². The molecule has 0 amide bonds. The van der Waals surface area contributed by atoms with Crippen molar-refractivity contribution < 1.29 is 0 Å². The van der Waals surface area contributed by atoms with Gasteiger partial charge in [0.15, 0.2) is 0 Å². The van der Waals surface area contributed by atoms with Gasteiger partial charge in [0.05, 0.1) is 0 Å². The molecule has 14 heavy (non-hydrogen) atoms. The van der Waals surface area contributed by atoms with Gasteiger partial charge in [-0.15, -0.1) is 24.0 Å². The van der Waals surface area contributed by atoms with Gasteiger partial charge in [-0.2, -0.15) is 0 Å². The van der Waals surface area contributed by atoms with Crippen LogP contribution in [-0.4, -0.2) is 23.1 Å². The summed E-state index contributed by atoms with van der Waals surface area (Å²) in [5.41, 5.74) is 1.05. The van der Waals surface area contributed by atoms with Gasteiger partial charge in [-0.25, -0.2) is 9.97 Å². The molecule has 1 atom stereocenters. The maximum Gasteiger partial charge on any atom is 0.115 e. The molecule has 0 bridgehead atoms. The lowest BCUT2D eigenvalue weighted by Gasteiger charge is -2.04. The van der Waals surface area contributed by atoms with Crippen molar-refractivity contribution in [3.63, 3.8) is 0 Å². The van der Waals surface area contributed by atoms with E-state index in [9.17, 15) is 0 Å². The molecule has 0 aromatic carbocycles. The fraction of sp³-hybridized carbons (Fsp3) is 0.400. The normalized spacial score (nSPS) is 12.4. The van der Waals surface area contributed by atoms with E-state index in [0.717, 1.165) is 12.0 Å². The Bertz CT molecular complexity index is 261. The predicted molar refractivity (Wildman–Crippen MR) is 69.6 cm³/mol. The highest BCUT2D eigenvalue weighted by atomic mass is 127. The maximum atomic E-state index is 3.92. The molecular formula is C10H16IN3. The topological polar surface area (TPSA) is 37.8 Å². The van der Waals surface area contributed by atoms with E-state index < -0.39 is 0 Å². The van der Waals surface area contributed by atoms with Gasteiger partial charge in [0, 0.05) is 24.0 Å². The van der Waals surface area contributed by atoms with Gasteiger partial charge in [-0.05, 0) is 20.4 Å². The summed E-state index contributed by atoms with van der Waals surface area (Å²) < 4.78 is 0. The number of nitrogens with zero attached hydrogens (tertiary/aromatic N) is 2. The van der Waals surface area contributed by atoms with E-state index in [-0.39, 0.29) is 24.0 Å². The Labute approximate surface area is 102 Å². The summed E-state index contributed by atoms with van der Waals surface area (Å²) in [6.45, 7) is 2.14. The lowest BCUT2D eigenvalue weighted by Crippen LogP contribution is -2.19. The maximum absolute atomic E-state index is 3.92. The van der Waals surface area contributed by atoms with E-state index in [1.54, 1.807) is 12.4 Å². The Kier molecular flexibility index (Phi) is 7.60. The van der Waals surface area contributed by atoms with Crippen molar-refractivity contribution >= 4 is 30.1 Å². The van der Waals surface area contributed by atoms with Gasteiger partial charge in [0.1, 0.15) is 6.33 Å². The van der Waals surface area contributed by atoms with Crippen molar-refractivity contribution in [3.8, 4) is 0 Å². The summed E-state index contributed by atoms with van der Waals surface area (Å²) in [7, 11) is 1.96. The van der Waals surface area contributed by atoms with Crippen LogP contribution in [0.25, 0.3) is 6.08 Å². The van der Waals surface area contributed by atoms with Gasteiger partial charge in [-0.3, -0.25) is 0 Å². The number of hydrogen-bond donors (Lipinski definition) is 1. The van der Waals surface area contributed by atoms with Crippen molar-refractivity contribution in [1.29, 1.82) is 0 Å². The summed E-state index contributed by atoms with van der Waals surface area (Å²) in [4.78, 5) is 7.85. The number of rotatable bonds is 4.